The molecule has 0 saturated carbocycles. The van der Waals surface area contributed by atoms with Crippen molar-refractivity contribution >= 4 is 11.9 Å². The molecule has 0 spiro atoms. The van der Waals surface area contributed by atoms with E-state index in [4.69, 9.17) is 4.74 Å². The molecule has 6 heteroatoms. The summed E-state index contributed by atoms with van der Waals surface area (Å²) in [6.45, 7) is 7.96. The molecule has 5 nitrogen and oxygen atoms in total. The number of carbonyl (C=O) groups is 2. The SMILES string of the molecule is CC(C)(C)OC(=O)N1CCN(CC(=O)c2cccc(F)c2)CC1. The third-order valence-electron chi connectivity index (χ3n) is 3.54. The molecule has 1 aromatic rings. The Hall–Kier alpha value is -1.95. The van der Waals surface area contributed by atoms with Crippen LogP contribution in [0.15, 0.2) is 24.3 Å². The van der Waals surface area contributed by atoms with Gasteiger partial charge in [0.1, 0.15) is 11.4 Å². The predicted octanol–water partition coefficient (Wildman–Crippen LogP) is 2.56. The molecule has 0 aliphatic carbocycles. The lowest BCUT2D eigenvalue weighted by atomic mass is 10.1. The van der Waals surface area contributed by atoms with Gasteiger partial charge in [0.2, 0.25) is 0 Å². The Morgan fingerprint density at radius 2 is 1.83 bits per heavy atom. The van der Waals surface area contributed by atoms with E-state index in [9.17, 15) is 14.0 Å². The maximum atomic E-state index is 13.2. The van der Waals surface area contributed by atoms with Crippen molar-refractivity contribution in [2.75, 3.05) is 32.7 Å². The van der Waals surface area contributed by atoms with Crippen LogP contribution in [0.2, 0.25) is 0 Å². The predicted molar refractivity (Wildman–Crippen MR) is 85.0 cm³/mol. The molecular formula is C17H23FN2O3. The number of halogens is 1. The smallest absolute Gasteiger partial charge is 0.410 e. The Labute approximate surface area is 136 Å². The first-order valence-electron chi connectivity index (χ1n) is 7.74. The normalized spacial score (nSPS) is 16.3. The van der Waals surface area contributed by atoms with E-state index >= 15 is 0 Å². The summed E-state index contributed by atoms with van der Waals surface area (Å²) in [5.41, 5.74) is -0.138. The van der Waals surface area contributed by atoms with Crippen molar-refractivity contribution in [1.82, 2.24) is 9.80 Å². The number of Topliss-reactive ketones (excluding diaryl/α,β-unsaturated/α-hetero) is 1. The fourth-order valence-electron chi connectivity index (χ4n) is 2.37. The van der Waals surface area contributed by atoms with Crippen LogP contribution in [0.4, 0.5) is 9.18 Å². The zero-order chi connectivity index (χ0) is 17.0. The van der Waals surface area contributed by atoms with E-state index in [1.807, 2.05) is 25.7 Å². The van der Waals surface area contributed by atoms with Crippen LogP contribution in [0.3, 0.4) is 0 Å². The van der Waals surface area contributed by atoms with Gasteiger partial charge in [-0.2, -0.15) is 0 Å². The molecule has 0 N–H and O–H groups in total. The Bertz CT molecular complexity index is 575. The summed E-state index contributed by atoms with van der Waals surface area (Å²) in [4.78, 5) is 27.7. The summed E-state index contributed by atoms with van der Waals surface area (Å²) in [6.07, 6.45) is -0.325. The second-order valence-electron chi connectivity index (χ2n) is 6.68. The zero-order valence-corrected chi connectivity index (χ0v) is 13.8. The number of benzene rings is 1. The van der Waals surface area contributed by atoms with Crippen LogP contribution in [0.5, 0.6) is 0 Å². The van der Waals surface area contributed by atoms with Gasteiger partial charge in [0.15, 0.2) is 5.78 Å². The van der Waals surface area contributed by atoms with Crippen LogP contribution in [0.25, 0.3) is 0 Å². The van der Waals surface area contributed by atoms with Crippen LogP contribution in [0.1, 0.15) is 31.1 Å². The second-order valence-corrected chi connectivity index (χ2v) is 6.68. The number of ether oxygens (including phenoxy) is 1. The molecule has 0 atom stereocenters. The van der Waals surface area contributed by atoms with Crippen LogP contribution in [-0.4, -0.2) is 60.0 Å². The van der Waals surface area contributed by atoms with E-state index in [1.54, 1.807) is 11.0 Å². The summed E-state index contributed by atoms with van der Waals surface area (Å²) in [7, 11) is 0. The summed E-state index contributed by atoms with van der Waals surface area (Å²) in [5, 5.41) is 0. The van der Waals surface area contributed by atoms with Crippen molar-refractivity contribution in [3.63, 3.8) is 0 Å². The lowest BCUT2D eigenvalue weighted by molar-refractivity contribution is 0.0149. The largest absolute Gasteiger partial charge is 0.444 e. The maximum absolute atomic E-state index is 13.2. The molecule has 126 valence electrons. The van der Waals surface area contributed by atoms with E-state index in [1.165, 1.54) is 18.2 Å². The fourth-order valence-corrected chi connectivity index (χ4v) is 2.37. The second kappa shape index (κ2) is 7.08. The molecule has 2 rings (SSSR count). The van der Waals surface area contributed by atoms with Gasteiger partial charge in [-0.25, -0.2) is 9.18 Å². The average molecular weight is 322 g/mol. The molecule has 1 fully saturated rings. The minimum atomic E-state index is -0.512. The molecule has 0 unspecified atom stereocenters. The van der Waals surface area contributed by atoms with Crippen LogP contribution < -0.4 is 0 Å². The van der Waals surface area contributed by atoms with E-state index in [-0.39, 0.29) is 18.4 Å². The van der Waals surface area contributed by atoms with Crippen molar-refractivity contribution in [3.8, 4) is 0 Å². The van der Waals surface area contributed by atoms with Gasteiger partial charge in [-0.3, -0.25) is 9.69 Å². The molecule has 1 amide bonds. The first-order valence-corrected chi connectivity index (χ1v) is 7.74. The molecular weight excluding hydrogens is 299 g/mol. The number of hydrogen-bond acceptors (Lipinski definition) is 4. The van der Waals surface area contributed by atoms with Crippen molar-refractivity contribution in [1.29, 1.82) is 0 Å². The maximum Gasteiger partial charge on any atom is 0.410 e. The van der Waals surface area contributed by atoms with Crippen molar-refractivity contribution in [2.45, 2.75) is 26.4 Å². The number of piperazine rings is 1. The molecule has 1 heterocycles. The standard InChI is InChI=1S/C17H23FN2O3/c1-17(2,3)23-16(22)20-9-7-19(8-10-20)12-15(21)13-5-4-6-14(18)11-13/h4-6,11H,7-10,12H2,1-3H3. The highest BCUT2D eigenvalue weighted by atomic mass is 19.1. The van der Waals surface area contributed by atoms with E-state index in [0.717, 1.165) is 0 Å². The Morgan fingerprint density at radius 1 is 1.17 bits per heavy atom. The number of carbonyl (C=O) groups excluding carboxylic acids is 2. The molecule has 1 saturated heterocycles. The van der Waals surface area contributed by atoms with Gasteiger partial charge in [0.25, 0.3) is 0 Å². The Kier molecular flexibility index (Phi) is 5.36. The fraction of sp³-hybridized carbons (Fsp3) is 0.529. The topological polar surface area (TPSA) is 49.9 Å². The molecule has 0 radical (unpaired) electrons. The lowest BCUT2D eigenvalue weighted by Crippen LogP contribution is -2.51. The molecule has 1 aliphatic rings. The van der Waals surface area contributed by atoms with Crippen molar-refractivity contribution in [3.05, 3.63) is 35.6 Å². The van der Waals surface area contributed by atoms with Gasteiger partial charge in [-0.05, 0) is 32.9 Å². The summed E-state index contributed by atoms with van der Waals surface area (Å²) < 4.78 is 18.5. The van der Waals surface area contributed by atoms with Crippen LogP contribution in [-0.2, 0) is 4.74 Å². The summed E-state index contributed by atoms with van der Waals surface area (Å²) in [6, 6.07) is 5.71. The van der Waals surface area contributed by atoms with Crippen molar-refractivity contribution in [2.24, 2.45) is 0 Å². The van der Waals surface area contributed by atoms with Gasteiger partial charge in [0.05, 0.1) is 6.54 Å². The quantitative estimate of drug-likeness (QED) is 0.803. The minimum absolute atomic E-state index is 0.116. The minimum Gasteiger partial charge on any atom is -0.444 e. The Balaban J connectivity index is 1.83. The van der Waals surface area contributed by atoms with Gasteiger partial charge >= 0.3 is 6.09 Å². The van der Waals surface area contributed by atoms with Crippen LogP contribution in [0, 0.1) is 5.82 Å². The van der Waals surface area contributed by atoms with E-state index in [0.29, 0.717) is 31.7 Å². The highest BCUT2D eigenvalue weighted by Crippen LogP contribution is 2.12. The number of amides is 1. The lowest BCUT2D eigenvalue weighted by Gasteiger charge is -2.35. The van der Waals surface area contributed by atoms with Gasteiger partial charge in [-0.15, -0.1) is 0 Å². The molecule has 0 aromatic heterocycles. The molecule has 1 aromatic carbocycles. The third-order valence-corrected chi connectivity index (χ3v) is 3.54. The third kappa shape index (κ3) is 5.32. The molecule has 1 aliphatic heterocycles. The Morgan fingerprint density at radius 3 is 2.39 bits per heavy atom. The van der Waals surface area contributed by atoms with Gasteiger partial charge in [-0.1, -0.05) is 12.1 Å². The van der Waals surface area contributed by atoms with Crippen LogP contribution >= 0.6 is 0 Å². The monoisotopic (exact) mass is 322 g/mol. The first-order chi connectivity index (χ1) is 10.7. The highest BCUT2D eigenvalue weighted by Gasteiger charge is 2.26. The number of hydrogen-bond donors (Lipinski definition) is 0. The zero-order valence-electron chi connectivity index (χ0n) is 13.8. The van der Waals surface area contributed by atoms with E-state index in [2.05, 4.69) is 0 Å². The highest BCUT2D eigenvalue weighted by molar-refractivity contribution is 5.97. The molecule has 0 bridgehead atoms. The average Bonchev–Trinajstić information content (AvgIpc) is 2.46. The summed E-state index contributed by atoms with van der Waals surface area (Å²) in [5.74, 6) is -0.527. The van der Waals surface area contributed by atoms with E-state index < -0.39 is 11.4 Å². The number of rotatable bonds is 3. The van der Waals surface area contributed by atoms with Gasteiger partial charge < -0.3 is 9.64 Å². The molecule has 23 heavy (non-hydrogen) atoms. The first kappa shape index (κ1) is 17.4. The van der Waals surface area contributed by atoms with Gasteiger partial charge in [0, 0.05) is 31.7 Å². The summed E-state index contributed by atoms with van der Waals surface area (Å²) >= 11 is 0. The number of nitrogens with zero attached hydrogens (tertiary/aromatic N) is 2. The number of ketones is 1. The van der Waals surface area contributed by atoms with Crippen molar-refractivity contribution < 1.29 is 18.7 Å².